The Morgan fingerprint density at radius 2 is 1.56 bits per heavy atom. The van der Waals surface area contributed by atoms with Crippen molar-refractivity contribution in [1.82, 2.24) is 14.1 Å². The molecule has 0 fully saturated rings. The fourth-order valence-corrected chi connectivity index (χ4v) is 2.36. The lowest BCUT2D eigenvalue weighted by molar-refractivity contribution is 0.457. The van der Waals surface area contributed by atoms with Gasteiger partial charge in [-0.3, -0.25) is 4.99 Å². The Bertz CT molecular complexity index is 353. The molecule has 0 spiro atoms. The lowest BCUT2D eigenvalue weighted by Gasteiger charge is -2.22. The summed E-state index contributed by atoms with van der Waals surface area (Å²) in [5.74, 6) is 1.03. The second-order valence-electron chi connectivity index (χ2n) is 4.55. The largest absolute Gasteiger partial charge is 0.349 e. The molecule has 0 amide bonds. The zero-order valence-electron chi connectivity index (χ0n) is 12.3. The van der Waals surface area contributed by atoms with Crippen LogP contribution in [-0.2, 0) is 10.0 Å². The molecule has 0 N–H and O–H groups in total. The third kappa shape index (κ3) is 5.68. The third-order valence-corrected chi connectivity index (χ3v) is 4.39. The van der Waals surface area contributed by atoms with Crippen molar-refractivity contribution in [3.8, 4) is 0 Å². The average molecular weight is 278 g/mol. The van der Waals surface area contributed by atoms with Gasteiger partial charge in [-0.2, -0.15) is 0 Å². The summed E-state index contributed by atoms with van der Waals surface area (Å²) in [5.41, 5.74) is 0. The lowest BCUT2D eigenvalue weighted by atomic mass is 10.4. The van der Waals surface area contributed by atoms with Gasteiger partial charge in [-0.05, 0) is 13.3 Å². The van der Waals surface area contributed by atoms with Gasteiger partial charge in [0.15, 0.2) is 5.96 Å². The van der Waals surface area contributed by atoms with E-state index in [9.17, 15) is 8.42 Å². The first-order valence-electron chi connectivity index (χ1n) is 6.05. The summed E-state index contributed by atoms with van der Waals surface area (Å²) in [4.78, 5) is 8.32. The molecule has 0 aliphatic heterocycles. The van der Waals surface area contributed by atoms with Crippen LogP contribution in [-0.4, -0.2) is 82.6 Å². The summed E-state index contributed by atoms with van der Waals surface area (Å²) in [5, 5.41) is 0. The van der Waals surface area contributed by atoms with Crippen molar-refractivity contribution in [2.75, 3.05) is 54.1 Å². The summed E-state index contributed by atoms with van der Waals surface area (Å²) in [7, 11) is 6.29. The monoisotopic (exact) mass is 278 g/mol. The van der Waals surface area contributed by atoms with E-state index in [1.165, 1.54) is 4.31 Å². The van der Waals surface area contributed by atoms with E-state index in [1.807, 2.05) is 38.0 Å². The van der Waals surface area contributed by atoms with Crippen molar-refractivity contribution in [3.05, 3.63) is 0 Å². The molecule has 0 saturated heterocycles. The van der Waals surface area contributed by atoms with Crippen LogP contribution in [0.15, 0.2) is 4.99 Å². The zero-order chi connectivity index (χ0) is 14.3. The Hall–Kier alpha value is -0.820. The molecule has 0 aliphatic carbocycles. The quantitative estimate of drug-likeness (QED) is 0.394. The number of rotatable bonds is 6. The minimum absolute atomic E-state index is 0.146. The van der Waals surface area contributed by atoms with Crippen molar-refractivity contribution in [3.63, 3.8) is 0 Å². The Morgan fingerprint density at radius 3 is 1.94 bits per heavy atom. The maximum absolute atomic E-state index is 11.5. The van der Waals surface area contributed by atoms with E-state index in [0.717, 1.165) is 12.4 Å². The van der Waals surface area contributed by atoms with E-state index in [-0.39, 0.29) is 5.75 Å². The number of sulfonamides is 1. The SMILES string of the molecule is CCS(=O)(=O)N(C)CCCN=C(N(C)C)N(C)C. The molecule has 108 valence electrons. The smallest absolute Gasteiger partial charge is 0.213 e. The first-order chi connectivity index (χ1) is 8.22. The molecule has 0 aromatic heterocycles. The van der Waals surface area contributed by atoms with Crippen molar-refractivity contribution < 1.29 is 8.42 Å². The molecule has 0 saturated carbocycles. The standard InChI is InChI=1S/C11H26N4O2S/c1-7-18(16,17)15(6)10-8-9-12-11(13(2)3)14(4)5/h7-10H2,1-6H3. The topological polar surface area (TPSA) is 56.2 Å². The molecule has 0 atom stereocenters. The molecule has 0 rings (SSSR count). The van der Waals surface area contributed by atoms with Gasteiger partial charge in [-0.1, -0.05) is 0 Å². The molecule has 0 unspecified atom stereocenters. The molecule has 6 nitrogen and oxygen atoms in total. The fourth-order valence-electron chi connectivity index (χ4n) is 1.51. The second kappa shape index (κ2) is 7.58. The first kappa shape index (κ1) is 17.2. The highest BCUT2D eigenvalue weighted by Crippen LogP contribution is 1.99. The summed E-state index contributed by atoms with van der Waals surface area (Å²) < 4.78 is 24.4. The van der Waals surface area contributed by atoms with Gasteiger partial charge in [-0.25, -0.2) is 12.7 Å². The Labute approximate surface area is 111 Å². The molecule has 0 aliphatic rings. The number of guanidine groups is 1. The normalized spacial score (nSPS) is 11.5. The van der Waals surface area contributed by atoms with E-state index in [1.54, 1.807) is 14.0 Å². The van der Waals surface area contributed by atoms with Crippen LogP contribution in [0.4, 0.5) is 0 Å². The maximum atomic E-state index is 11.5. The van der Waals surface area contributed by atoms with Gasteiger partial charge < -0.3 is 9.80 Å². The molecular formula is C11H26N4O2S. The number of hydrogen-bond acceptors (Lipinski definition) is 3. The predicted molar refractivity (Wildman–Crippen MR) is 76.4 cm³/mol. The molecule has 0 aromatic carbocycles. The van der Waals surface area contributed by atoms with E-state index < -0.39 is 10.0 Å². The van der Waals surface area contributed by atoms with Crippen LogP contribution in [0.2, 0.25) is 0 Å². The minimum atomic E-state index is -3.07. The van der Waals surface area contributed by atoms with Gasteiger partial charge in [0.2, 0.25) is 10.0 Å². The molecular weight excluding hydrogens is 252 g/mol. The molecule has 0 heterocycles. The fraction of sp³-hybridized carbons (Fsp3) is 0.909. The van der Waals surface area contributed by atoms with Gasteiger partial charge in [-0.15, -0.1) is 0 Å². The summed E-state index contributed by atoms with van der Waals surface area (Å²) in [6.45, 7) is 2.78. The minimum Gasteiger partial charge on any atom is -0.349 e. The number of hydrogen-bond donors (Lipinski definition) is 0. The second-order valence-corrected chi connectivity index (χ2v) is 6.91. The van der Waals surface area contributed by atoms with Crippen LogP contribution in [0.25, 0.3) is 0 Å². The molecule has 0 radical (unpaired) electrons. The third-order valence-electron chi connectivity index (χ3n) is 2.52. The number of nitrogens with zero attached hydrogens (tertiary/aromatic N) is 4. The first-order valence-corrected chi connectivity index (χ1v) is 7.66. The van der Waals surface area contributed by atoms with Gasteiger partial charge in [0.25, 0.3) is 0 Å². The predicted octanol–water partition coefficient (Wildman–Crippen LogP) is 0.137. The molecule has 0 bridgehead atoms. The van der Waals surface area contributed by atoms with Crippen LogP contribution >= 0.6 is 0 Å². The van der Waals surface area contributed by atoms with Crippen molar-refractivity contribution in [1.29, 1.82) is 0 Å². The van der Waals surface area contributed by atoms with Crippen LogP contribution < -0.4 is 0 Å². The maximum Gasteiger partial charge on any atom is 0.213 e. The zero-order valence-corrected chi connectivity index (χ0v) is 13.2. The highest BCUT2D eigenvalue weighted by molar-refractivity contribution is 7.89. The summed E-state index contributed by atoms with van der Waals surface area (Å²) in [6, 6.07) is 0. The van der Waals surface area contributed by atoms with E-state index >= 15 is 0 Å². The van der Waals surface area contributed by atoms with Gasteiger partial charge >= 0.3 is 0 Å². The van der Waals surface area contributed by atoms with Gasteiger partial charge in [0.05, 0.1) is 5.75 Å². The summed E-state index contributed by atoms with van der Waals surface area (Å²) >= 11 is 0. The highest BCUT2D eigenvalue weighted by atomic mass is 32.2. The van der Waals surface area contributed by atoms with Gasteiger partial charge in [0.1, 0.15) is 0 Å². The van der Waals surface area contributed by atoms with E-state index in [2.05, 4.69) is 4.99 Å². The van der Waals surface area contributed by atoms with Crippen LogP contribution in [0.5, 0.6) is 0 Å². The van der Waals surface area contributed by atoms with Crippen molar-refractivity contribution >= 4 is 16.0 Å². The van der Waals surface area contributed by atoms with Crippen molar-refractivity contribution in [2.45, 2.75) is 13.3 Å². The highest BCUT2D eigenvalue weighted by Gasteiger charge is 2.13. The van der Waals surface area contributed by atoms with Crippen LogP contribution in [0, 0.1) is 0 Å². The van der Waals surface area contributed by atoms with Crippen molar-refractivity contribution in [2.24, 2.45) is 4.99 Å². The van der Waals surface area contributed by atoms with Gasteiger partial charge in [0, 0.05) is 48.3 Å². The average Bonchev–Trinajstić information content (AvgIpc) is 2.27. The van der Waals surface area contributed by atoms with E-state index in [4.69, 9.17) is 0 Å². The number of aliphatic imine (C=N–C) groups is 1. The van der Waals surface area contributed by atoms with E-state index in [0.29, 0.717) is 13.1 Å². The Balaban J connectivity index is 4.24. The van der Waals surface area contributed by atoms with Crippen LogP contribution in [0.3, 0.4) is 0 Å². The molecule has 7 heteroatoms. The summed E-state index contributed by atoms with van der Waals surface area (Å²) in [6.07, 6.45) is 0.723. The Morgan fingerprint density at radius 1 is 1.06 bits per heavy atom. The Kier molecular flexibility index (Phi) is 7.23. The lowest BCUT2D eigenvalue weighted by Crippen LogP contribution is -2.35. The van der Waals surface area contributed by atoms with Crippen LogP contribution in [0.1, 0.15) is 13.3 Å². The molecule has 0 aromatic rings. The molecule has 18 heavy (non-hydrogen) atoms.